The van der Waals surface area contributed by atoms with Crippen LogP contribution in [0.5, 0.6) is 0 Å². The molecule has 3 heterocycles. The molecule has 0 radical (unpaired) electrons. The van der Waals surface area contributed by atoms with Gasteiger partial charge in [-0.1, -0.05) is 0 Å². The van der Waals surface area contributed by atoms with Crippen LogP contribution in [0.2, 0.25) is 0 Å². The number of hydrogen-bond donors (Lipinski definition) is 2. The number of ether oxygens (including phenoxy) is 1. The van der Waals surface area contributed by atoms with E-state index in [4.69, 9.17) is 10.5 Å². The van der Waals surface area contributed by atoms with Crippen LogP contribution in [0.4, 0.5) is 11.5 Å². The van der Waals surface area contributed by atoms with E-state index in [2.05, 4.69) is 40.0 Å². The van der Waals surface area contributed by atoms with Gasteiger partial charge in [0.05, 0.1) is 17.7 Å². The van der Waals surface area contributed by atoms with Crippen LogP contribution in [0.3, 0.4) is 0 Å². The van der Waals surface area contributed by atoms with Crippen molar-refractivity contribution < 1.29 is 4.74 Å². The van der Waals surface area contributed by atoms with Crippen molar-refractivity contribution in [3.05, 3.63) is 36.5 Å². The molecule has 1 aromatic carbocycles. The molecule has 1 saturated heterocycles. The lowest BCUT2D eigenvalue weighted by Gasteiger charge is -2.36. The zero-order valence-electron chi connectivity index (χ0n) is 13.9. The summed E-state index contributed by atoms with van der Waals surface area (Å²) in [6.07, 6.45) is 2.23. The highest BCUT2D eigenvalue weighted by molar-refractivity contribution is 5.94. The van der Waals surface area contributed by atoms with Crippen molar-refractivity contribution in [2.75, 3.05) is 23.7 Å². The standard InChI is InChI=1S/C18H21N5O/c1-11-9-23(10-12(2)24-11)17-7-13(5-6-20-17)18-15-8-14(19)3-4-16(15)21-22-18/h3-8,11-12H,9-10,19H2,1-2H3,(H,21,22). The van der Waals surface area contributed by atoms with Crippen LogP contribution in [0.1, 0.15) is 13.8 Å². The number of fused-ring (bicyclic) bond motifs is 1. The third kappa shape index (κ3) is 2.69. The van der Waals surface area contributed by atoms with Crippen molar-refractivity contribution in [3.63, 3.8) is 0 Å². The molecular formula is C18H21N5O. The van der Waals surface area contributed by atoms with E-state index < -0.39 is 0 Å². The Morgan fingerprint density at radius 3 is 2.75 bits per heavy atom. The van der Waals surface area contributed by atoms with Crippen molar-refractivity contribution in [2.24, 2.45) is 0 Å². The lowest BCUT2D eigenvalue weighted by atomic mass is 10.1. The molecule has 3 N–H and O–H groups in total. The number of nitrogens with zero attached hydrogens (tertiary/aromatic N) is 3. The van der Waals surface area contributed by atoms with E-state index >= 15 is 0 Å². The van der Waals surface area contributed by atoms with Gasteiger partial charge in [-0.25, -0.2) is 4.98 Å². The molecule has 2 atom stereocenters. The van der Waals surface area contributed by atoms with E-state index in [0.29, 0.717) is 0 Å². The number of nitrogen functional groups attached to an aromatic ring is 1. The van der Waals surface area contributed by atoms with Crippen LogP contribution in [0.25, 0.3) is 22.2 Å². The second kappa shape index (κ2) is 5.79. The van der Waals surface area contributed by atoms with Gasteiger partial charge in [0.15, 0.2) is 0 Å². The summed E-state index contributed by atoms with van der Waals surface area (Å²) < 4.78 is 5.81. The highest BCUT2D eigenvalue weighted by Gasteiger charge is 2.23. The van der Waals surface area contributed by atoms with Crippen LogP contribution in [-0.4, -0.2) is 40.5 Å². The van der Waals surface area contributed by atoms with Crippen LogP contribution in [0, 0.1) is 0 Å². The van der Waals surface area contributed by atoms with E-state index in [1.807, 2.05) is 30.5 Å². The molecule has 3 aromatic rings. The molecule has 1 fully saturated rings. The van der Waals surface area contributed by atoms with Crippen LogP contribution < -0.4 is 10.6 Å². The van der Waals surface area contributed by atoms with Gasteiger partial charge in [0.1, 0.15) is 11.5 Å². The quantitative estimate of drug-likeness (QED) is 0.709. The molecule has 0 bridgehead atoms. The Morgan fingerprint density at radius 1 is 1.17 bits per heavy atom. The van der Waals surface area contributed by atoms with Crippen molar-refractivity contribution >= 4 is 22.4 Å². The molecule has 0 saturated carbocycles. The second-order valence-electron chi connectivity index (χ2n) is 6.44. The van der Waals surface area contributed by atoms with Gasteiger partial charge >= 0.3 is 0 Å². The van der Waals surface area contributed by atoms with Gasteiger partial charge < -0.3 is 15.4 Å². The molecule has 6 heteroatoms. The SMILES string of the molecule is CC1CN(c2cc(-c3n[nH]c4ccc(N)cc34)ccn2)CC(C)O1. The molecule has 124 valence electrons. The molecule has 24 heavy (non-hydrogen) atoms. The van der Waals surface area contributed by atoms with Gasteiger partial charge in [0.25, 0.3) is 0 Å². The van der Waals surface area contributed by atoms with Crippen molar-refractivity contribution in [1.82, 2.24) is 15.2 Å². The average molecular weight is 323 g/mol. The molecule has 0 aliphatic carbocycles. The number of pyridine rings is 1. The first-order valence-electron chi connectivity index (χ1n) is 8.20. The largest absolute Gasteiger partial charge is 0.399 e. The zero-order chi connectivity index (χ0) is 16.7. The minimum absolute atomic E-state index is 0.199. The Morgan fingerprint density at radius 2 is 1.96 bits per heavy atom. The molecule has 0 amide bonds. The van der Waals surface area contributed by atoms with Gasteiger partial charge in [-0.05, 0) is 44.2 Å². The monoisotopic (exact) mass is 323 g/mol. The number of rotatable bonds is 2. The summed E-state index contributed by atoms with van der Waals surface area (Å²) in [5, 5.41) is 8.56. The lowest BCUT2D eigenvalue weighted by Crippen LogP contribution is -2.45. The first kappa shape index (κ1) is 15.0. The molecule has 6 nitrogen and oxygen atoms in total. The Hall–Kier alpha value is -2.60. The van der Waals surface area contributed by atoms with Crippen molar-refractivity contribution in [2.45, 2.75) is 26.1 Å². The van der Waals surface area contributed by atoms with Crippen LogP contribution >= 0.6 is 0 Å². The first-order valence-corrected chi connectivity index (χ1v) is 8.20. The minimum Gasteiger partial charge on any atom is -0.399 e. The number of anilines is 2. The van der Waals surface area contributed by atoms with E-state index in [1.54, 1.807) is 0 Å². The highest BCUT2D eigenvalue weighted by Crippen LogP contribution is 2.30. The maximum atomic E-state index is 5.93. The van der Waals surface area contributed by atoms with Crippen molar-refractivity contribution in [3.8, 4) is 11.3 Å². The molecule has 4 rings (SSSR count). The normalized spacial score (nSPS) is 21.3. The fourth-order valence-electron chi connectivity index (χ4n) is 3.36. The Bertz CT molecular complexity index is 865. The number of hydrogen-bond acceptors (Lipinski definition) is 5. The zero-order valence-corrected chi connectivity index (χ0v) is 13.9. The summed E-state index contributed by atoms with van der Waals surface area (Å²) in [6.45, 7) is 5.87. The molecule has 2 unspecified atom stereocenters. The summed E-state index contributed by atoms with van der Waals surface area (Å²) in [5.74, 6) is 0.953. The van der Waals surface area contributed by atoms with Crippen LogP contribution in [0.15, 0.2) is 36.5 Å². The Kier molecular flexibility index (Phi) is 3.61. The van der Waals surface area contributed by atoms with E-state index in [0.717, 1.165) is 46.8 Å². The smallest absolute Gasteiger partial charge is 0.129 e. The summed E-state index contributed by atoms with van der Waals surface area (Å²) in [5.41, 5.74) is 9.57. The van der Waals surface area contributed by atoms with E-state index in [1.165, 1.54) is 0 Å². The van der Waals surface area contributed by atoms with Gasteiger partial charge in [-0.2, -0.15) is 5.10 Å². The van der Waals surface area contributed by atoms with Crippen molar-refractivity contribution in [1.29, 1.82) is 0 Å². The highest BCUT2D eigenvalue weighted by atomic mass is 16.5. The van der Waals surface area contributed by atoms with Gasteiger partial charge in [-0.3, -0.25) is 5.10 Å². The molecule has 1 aliphatic rings. The van der Waals surface area contributed by atoms with E-state index in [9.17, 15) is 0 Å². The number of nitrogens with two attached hydrogens (primary N) is 1. The Labute approximate surface area is 140 Å². The number of aromatic amines is 1. The third-order valence-corrected chi connectivity index (χ3v) is 4.35. The summed E-state index contributed by atoms with van der Waals surface area (Å²) >= 11 is 0. The maximum absolute atomic E-state index is 5.93. The molecule has 2 aromatic heterocycles. The first-order chi connectivity index (χ1) is 11.6. The molecule has 1 aliphatic heterocycles. The lowest BCUT2D eigenvalue weighted by molar-refractivity contribution is -0.00545. The topological polar surface area (TPSA) is 80.1 Å². The second-order valence-corrected chi connectivity index (χ2v) is 6.44. The predicted octanol–water partition coefficient (Wildman–Crippen LogP) is 2.82. The number of H-pyrrole nitrogens is 1. The number of morpholine rings is 1. The fraction of sp³-hybridized carbons (Fsp3) is 0.333. The Balaban J connectivity index is 1.73. The predicted molar refractivity (Wildman–Crippen MR) is 96.0 cm³/mol. The van der Waals surface area contributed by atoms with Gasteiger partial charge in [-0.15, -0.1) is 0 Å². The third-order valence-electron chi connectivity index (χ3n) is 4.35. The molecular weight excluding hydrogens is 302 g/mol. The van der Waals surface area contributed by atoms with Crippen LogP contribution in [-0.2, 0) is 4.74 Å². The van der Waals surface area contributed by atoms with Gasteiger partial charge in [0, 0.05) is 35.9 Å². The number of aromatic nitrogens is 3. The average Bonchev–Trinajstić information content (AvgIpc) is 2.97. The summed E-state index contributed by atoms with van der Waals surface area (Å²) in [7, 11) is 0. The summed E-state index contributed by atoms with van der Waals surface area (Å²) in [6, 6.07) is 9.85. The van der Waals surface area contributed by atoms with Gasteiger partial charge in [0.2, 0.25) is 0 Å². The number of benzene rings is 1. The number of nitrogens with one attached hydrogen (secondary N) is 1. The minimum atomic E-state index is 0.199. The fourth-order valence-corrected chi connectivity index (χ4v) is 3.36. The maximum Gasteiger partial charge on any atom is 0.129 e. The van der Waals surface area contributed by atoms with E-state index in [-0.39, 0.29) is 12.2 Å². The molecule has 0 spiro atoms. The summed E-state index contributed by atoms with van der Waals surface area (Å²) in [4.78, 5) is 6.82.